The number of nitrogens with one attached hydrogen (secondary N) is 1. The van der Waals surface area contributed by atoms with Gasteiger partial charge in [0.25, 0.3) is 0 Å². The maximum atomic E-state index is 9.49. The molecule has 6 nitrogen and oxygen atoms in total. The fraction of sp³-hybridized carbons (Fsp3) is 0.294. The number of aryl methyl sites for hydroxylation is 1. The Kier molecular flexibility index (Phi) is 4.87. The zero-order chi connectivity index (χ0) is 16.9. The molecule has 0 fully saturated rings. The Balaban J connectivity index is 1.79. The van der Waals surface area contributed by atoms with Gasteiger partial charge in [0, 0.05) is 0 Å². The second-order valence-corrected chi connectivity index (χ2v) is 6.09. The highest BCUT2D eigenvalue weighted by Crippen LogP contribution is 2.24. The van der Waals surface area contributed by atoms with Crippen molar-refractivity contribution in [2.75, 3.05) is 5.32 Å². The monoisotopic (exact) mass is 339 g/mol. The molecule has 0 amide bonds. The minimum atomic E-state index is 0.423. The van der Waals surface area contributed by atoms with Gasteiger partial charge >= 0.3 is 0 Å². The van der Waals surface area contributed by atoms with Crippen molar-refractivity contribution >= 4 is 17.2 Å². The summed E-state index contributed by atoms with van der Waals surface area (Å²) in [6.45, 7) is 4.46. The van der Waals surface area contributed by atoms with Gasteiger partial charge in [-0.1, -0.05) is 19.9 Å². The van der Waals surface area contributed by atoms with Crippen molar-refractivity contribution in [3.05, 3.63) is 46.3 Å². The summed E-state index contributed by atoms with van der Waals surface area (Å²) >= 11 is 1.58. The number of rotatable bonds is 6. The van der Waals surface area contributed by atoms with Gasteiger partial charge in [-0.2, -0.15) is 10.4 Å². The predicted molar refractivity (Wildman–Crippen MR) is 92.6 cm³/mol. The summed E-state index contributed by atoms with van der Waals surface area (Å²) in [6, 6.07) is 6.17. The zero-order valence-corrected chi connectivity index (χ0v) is 14.4. The van der Waals surface area contributed by atoms with E-state index in [-0.39, 0.29) is 0 Å². The molecular weight excluding hydrogens is 322 g/mol. The number of aromatic nitrogens is 3. The lowest BCUT2D eigenvalue weighted by molar-refractivity contribution is 0.574. The van der Waals surface area contributed by atoms with E-state index < -0.39 is 0 Å². The highest BCUT2D eigenvalue weighted by molar-refractivity contribution is 7.13. The van der Waals surface area contributed by atoms with Crippen LogP contribution >= 0.6 is 11.3 Å². The SMILES string of the molecule is CCc1nnc(NCc2coc(-c3cccs3)n2)c(C#N)c1CC. The van der Waals surface area contributed by atoms with Crippen LogP contribution in [0.15, 0.2) is 28.2 Å². The Hall–Kier alpha value is -2.72. The van der Waals surface area contributed by atoms with Crippen LogP contribution in [0.25, 0.3) is 10.8 Å². The van der Waals surface area contributed by atoms with E-state index in [0.717, 1.165) is 34.7 Å². The van der Waals surface area contributed by atoms with Crippen molar-refractivity contribution in [2.24, 2.45) is 0 Å². The predicted octanol–water partition coefficient (Wildman–Crippen LogP) is 3.80. The van der Waals surface area contributed by atoms with Gasteiger partial charge in [-0.15, -0.1) is 16.4 Å². The summed E-state index contributed by atoms with van der Waals surface area (Å²) in [5.41, 5.74) is 3.14. The molecule has 0 radical (unpaired) electrons. The Bertz CT molecular complexity index is 864. The van der Waals surface area contributed by atoms with E-state index in [4.69, 9.17) is 4.42 Å². The molecule has 0 saturated heterocycles. The Morgan fingerprint density at radius 3 is 2.83 bits per heavy atom. The first-order chi connectivity index (χ1) is 11.8. The van der Waals surface area contributed by atoms with Crippen molar-refractivity contribution in [2.45, 2.75) is 33.2 Å². The minimum Gasteiger partial charge on any atom is -0.443 e. The highest BCUT2D eigenvalue weighted by Gasteiger charge is 2.15. The lowest BCUT2D eigenvalue weighted by Gasteiger charge is -2.11. The van der Waals surface area contributed by atoms with Crippen LogP contribution < -0.4 is 5.32 Å². The fourth-order valence-electron chi connectivity index (χ4n) is 2.49. The van der Waals surface area contributed by atoms with Gasteiger partial charge in [0.1, 0.15) is 17.9 Å². The Morgan fingerprint density at radius 1 is 1.29 bits per heavy atom. The molecule has 3 rings (SSSR count). The molecule has 3 aromatic rings. The zero-order valence-electron chi connectivity index (χ0n) is 13.5. The smallest absolute Gasteiger partial charge is 0.236 e. The number of hydrogen-bond acceptors (Lipinski definition) is 7. The highest BCUT2D eigenvalue weighted by atomic mass is 32.1. The van der Waals surface area contributed by atoms with Crippen LogP contribution in [0.4, 0.5) is 5.82 Å². The van der Waals surface area contributed by atoms with Crippen molar-refractivity contribution in [3.8, 4) is 16.8 Å². The number of nitriles is 1. The topological polar surface area (TPSA) is 87.6 Å². The molecule has 3 heterocycles. The van der Waals surface area contributed by atoms with Crippen molar-refractivity contribution in [1.82, 2.24) is 15.2 Å². The fourth-order valence-corrected chi connectivity index (χ4v) is 3.15. The van der Waals surface area contributed by atoms with E-state index in [9.17, 15) is 5.26 Å². The molecule has 0 bridgehead atoms. The number of anilines is 1. The van der Waals surface area contributed by atoms with Crippen molar-refractivity contribution in [3.63, 3.8) is 0 Å². The summed E-state index contributed by atoms with van der Waals surface area (Å²) in [4.78, 5) is 5.44. The largest absolute Gasteiger partial charge is 0.443 e. The minimum absolute atomic E-state index is 0.423. The molecular formula is C17H17N5OS. The van der Waals surface area contributed by atoms with E-state index in [2.05, 4.69) is 26.6 Å². The van der Waals surface area contributed by atoms with Crippen LogP contribution in [0.1, 0.15) is 36.4 Å². The average Bonchev–Trinajstić information content (AvgIpc) is 3.29. The normalized spacial score (nSPS) is 10.5. The summed E-state index contributed by atoms with van der Waals surface area (Å²) in [5, 5.41) is 23.0. The summed E-state index contributed by atoms with van der Waals surface area (Å²) in [6.07, 6.45) is 3.13. The summed E-state index contributed by atoms with van der Waals surface area (Å²) < 4.78 is 5.49. The molecule has 0 aliphatic heterocycles. The second-order valence-electron chi connectivity index (χ2n) is 5.14. The van der Waals surface area contributed by atoms with Crippen molar-refractivity contribution < 1.29 is 4.42 Å². The molecule has 0 unspecified atom stereocenters. The van der Waals surface area contributed by atoms with Crippen LogP contribution in [0.3, 0.4) is 0 Å². The number of hydrogen-bond donors (Lipinski definition) is 1. The summed E-state index contributed by atoms with van der Waals surface area (Å²) in [7, 11) is 0. The molecule has 122 valence electrons. The van der Waals surface area contributed by atoms with Crippen LogP contribution in [-0.4, -0.2) is 15.2 Å². The maximum Gasteiger partial charge on any atom is 0.236 e. The van der Waals surface area contributed by atoms with Crippen LogP contribution in [-0.2, 0) is 19.4 Å². The molecule has 3 aromatic heterocycles. The van der Waals surface area contributed by atoms with Gasteiger partial charge in [0.05, 0.1) is 22.8 Å². The summed E-state index contributed by atoms with van der Waals surface area (Å²) in [5.74, 6) is 1.09. The Labute approximate surface area is 144 Å². The molecule has 1 N–H and O–H groups in total. The molecule has 7 heteroatoms. The van der Waals surface area contributed by atoms with Crippen LogP contribution in [0.2, 0.25) is 0 Å². The third-order valence-electron chi connectivity index (χ3n) is 3.68. The molecule has 24 heavy (non-hydrogen) atoms. The van der Waals surface area contributed by atoms with E-state index >= 15 is 0 Å². The number of oxazole rings is 1. The molecule has 0 saturated carbocycles. The van der Waals surface area contributed by atoms with Gasteiger partial charge in [-0.05, 0) is 29.9 Å². The maximum absolute atomic E-state index is 9.49. The molecule has 0 aliphatic rings. The quantitative estimate of drug-likeness (QED) is 0.735. The first kappa shape index (κ1) is 16.1. The lowest BCUT2D eigenvalue weighted by atomic mass is 10.0. The third-order valence-corrected chi connectivity index (χ3v) is 4.54. The first-order valence-electron chi connectivity index (χ1n) is 7.77. The van der Waals surface area contributed by atoms with Gasteiger partial charge in [0.15, 0.2) is 5.82 Å². The van der Waals surface area contributed by atoms with E-state index in [1.165, 1.54) is 0 Å². The van der Waals surface area contributed by atoms with E-state index in [1.807, 2.05) is 31.4 Å². The van der Waals surface area contributed by atoms with E-state index in [1.54, 1.807) is 17.6 Å². The van der Waals surface area contributed by atoms with Crippen LogP contribution in [0, 0.1) is 11.3 Å². The standard InChI is InChI=1S/C17H17N5OS/c1-3-12-13(8-18)16(22-21-14(12)4-2)19-9-11-10-23-17(20-11)15-6-5-7-24-15/h5-7,10H,3-4,9H2,1-2H3,(H,19,22). The number of nitrogens with zero attached hydrogens (tertiary/aromatic N) is 4. The number of thiophene rings is 1. The van der Waals surface area contributed by atoms with Crippen LogP contribution in [0.5, 0.6) is 0 Å². The average molecular weight is 339 g/mol. The second kappa shape index (κ2) is 7.23. The Morgan fingerprint density at radius 2 is 2.17 bits per heavy atom. The van der Waals surface area contributed by atoms with Gasteiger partial charge in [-0.3, -0.25) is 0 Å². The molecule has 0 aliphatic carbocycles. The first-order valence-corrected chi connectivity index (χ1v) is 8.65. The van der Waals surface area contributed by atoms with Gasteiger partial charge in [-0.25, -0.2) is 4.98 Å². The molecule has 0 atom stereocenters. The third kappa shape index (κ3) is 3.14. The van der Waals surface area contributed by atoms with Crippen molar-refractivity contribution in [1.29, 1.82) is 5.26 Å². The lowest BCUT2D eigenvalue weighted by Crippen LogP contribution is -2.10. The molecule has 0 aromatic carbocycles. The van der Waals surface area contributed by atoms with Gasteiger partial charge in [0.2, 0.25) is 5.89 Å². The molecule has 0 spiro atoms. The van der Waals surface area contributed by atoms with E-state index in [0.29, 0.717) is 23.8 Å². The van der Waals surface area contributed by atoms with Gasteiger partial charge < -0.3 is 9.73 Å².